The Morgan fingerprint density at radius 1 is 1.05 bits per heavy atom. The quantitative estimate of drug-likeness (QED) is 0.670. The predicted molar refractivity (Wildman–Crippen MR) is 86.6 cm³/mol. The van der Waals surface area contributed by atoms with Gasteiger partial charge in [-0.05, 0) is 35.1 Å². The van der Waals surface area contributed by atoms with Gasteiger partial charge in [0.25, 0.3) is 0 Å². The Bertz CT molecular complexity index is 778. The minimum Gasteiger partial charge on any atom is -0.464 e. The van der Waals surface area contributed by atoms with E-state index < -0.39 is 0 Å². The van der Waals surface area contributed by atoms with Crippen molar-refractivity contribution in [2.45, 2.75) is 39.5 Å². The number of rotatable bonds is 3. The van der Waals surface area contributed by atoms with E-state index in [2.05, 4.69) is 51.0 Å². The van der Waals surface area contributed by atoms with E-state index in [9.17, 15) is 0 Å². The third-order valence-electron chi connectivity index (χ3n) is 4.01. The van der Waals surface area contributed by atoms with Crippen LogP contribution >= 0.6 is 0 Å². The van der Waals surface area contributed by atoms with Crippen molar-refractivity contribution in [1.29, 1.82) is 0 Å². The number of furan rings is 1. The number of hydrogen-bond donors (Lipinski definition) is 0. The minimum atomic E-state index is 0.439. The summed E-state index contributed by atoms with van der Waals surface area (Å²) in [6, 6.07) is 6.44. The van der Waals surface area contributed by atoms with Crippen LogP contribution in [-0.4, -0.2) is 9.78 Å². The second-order valence-electron chi connectivity index (χ2n) is 6.28. The van der Waals surface area contributed by atoms with Crippen LogP contribution in [0.4, 0.5) is 0 Å². The molecule has 0 saturated carbocycles. The normalized spacial score (nSPS) is 12.0. The van der Waals surface area contributed by atoms with Gasteiger partial charge in [0.2, 0.25) is 0 Å². The average Bonchev–Trinajstić information content (AvgIpc) is 3.04. The van der Waals surface area contributed by atoms with Gasteiger partial charge in [-0.3, -0.25) is 4.68 Å². The van der Waals surface area contributed by atoms with E-state index in [0.29, 0.717) is 11.8 Å². The highest BCUT2D eigenvalue weighted by atomic mass is 16.3. The minimum absolute atomic E-state index is 0.439. The highest BCUT2D eigenvalue weighted by molar-refractivity contribution is 5.97. The van der Waals surface area contributed by atoms with E-state index in [1.54, 1.807) is 6.26 Å². The lowest BCUT2D eigenvalue weighted by Gasteiger charge is -2.17. The summed E-state index contributed by atoms with van der Waals surface area (Å²) in [4.78, 5) is 0. The van der Waals surface area contributed by atoms with E-state index >= 15 is 0 Å². The lowest BCUT2D eigenvalue weighted by molar-refractivity contribution is 0.607. The van der Waals surface area contributed by atoms with Crippen molar-refractivity contribution in [3.8, 4) is 11.3 Å². The molecule has 3 rings (SSSR count). The van der Waals surface area contributed by atoms with E-state index in [-0.39, 0.29) is 0 Å². The van der Waals surface area contributed by atoms with Gasteiger partial charge in [-0.2, -0.15) is 5.10 Å². The zero-order valence-corrected chi connectivity index (χ0v) is 13.3. The molecule has 0 bridgehead atoms. The predicted octanol–water partition coefficient (Wildman–Crippen LogP) is 5.08. The first kappa shape index (κ1) is 13.9. The van der Waals surface area contributed by atoms with Crippen LogP contribution in [0.3, 0.4) is 0 Å². The molecule has 0 radical (unpaired) electrons. The Morgan fingerprint density at radius 3 is 2.33 bits per heavy atom. The molecule has 3 heteroatoms. The monoisotopic (exact) mass is 282 g/mol. The Balaban J connectivity index is 2.39. The molecule has 0 aliphatic carbocycles. The SMILES string of the molecule is CC(C)c1cc(C(C)C)c2occc2c1-c1ccn(C)n1. The van der Waals surface area contributed by atoms with Gasteiger partial charge in [-0.1, -0.05) is 33.8 Å². The third-order valence-corrected chi connectivity index (χ3v) is 4.01. The first-order chi connectivity index (χ1) is 9.99. The topological polar surface area (TPSA) is 31.0 Å². The summed E-state index contributed by atoms with van der Waals surface area (Å²) < 4.78 is 7.63. The summed E-state index contributed by atoms with van der Waals surface area (Å²) in [7, 11) is 1.95. The van der Waals surface area contributed by atoms with Gasteiger partial charge in [0.15, 0.2) is 0 Å². The molecule has 2 aromatic heterocycles. The first-order valence-electron chi connectivity index (χ1n) is 7.53. The molecule has 0 aliphatic rings. The third kappa shape index (κ3) is 2.27. The zero-order valence-electron chi connectivity index (χ0n) is 13.3. The molecule has 0 spiro atoms. The zero-order chi connectivity index (χ0) is 15.1. The lowest BCUT2D eigenvalue weighted by Crippen LogP contribution is -1.99. The van der Waals surface area contributed by atoms with Gasteiger partial charge in [-0.25, -0.2) is 0 Å². The number of aromatic nitrogens is 2. The summed E-state index contributed by atoms with van der Waals surface area (Å²) in [5.74, 6) is 0.882. The standard InChI is InChI=1S/C18H22N2O/c1-11(2)14-10-15(12(3)4)18-13(7-9-21-18)17(14)16-6-8-20(5)19-16/h6-12H,1-5H3. The van der Waals surface area contributed by atoms with Crippen molar-refractivity contribution in [3.63, 3.8) is 0 Å². The van der Waals surface area contributed by atoms with Gasteiger partial charge in [0.05, 0.1) is 12.0 Å². The number of aryl methyl sites for hydroxylation is 1. The van der Waals surface area contributed by atoms with Gasteiger partial charge >= 0.3 is 0 Å². The van der Waals surface area contributed by atoms with Crippen molar-refractivity contribution in [2.24, 2.45) is 7.05 Å². The van der Waals surface area contributed by atoms with Crippen LogP contribution < -0.4 is 0 Å². The first-order valence-corrected chi connectivity index (χ1v) is 7.53. The van der Waals surface area contributed by atoms with Gasteiger partial charge in [-0.15, -0.1) is 0 Å². The fourth-order valence-corrected chi connectivity index (χ4v) is 2.91. The van der Waals surface area contributed by atoms with Crippen LogP contribution in [-0.2, 0) is 7.05 Å². The van der Waals surface area contributed by atoms with Gasteiger partial charge < -0.3 is 4.42 Å². The smallest absolute Gasteiger partial charge is 0.137 e. The average molecular weight is 282 g/mol. The second kappa shape index (κ2) is 5.06. The maximum absolute atomic E-state index is 5.78. The number of nitrogens with zero attached hydrogens (tertiary/aromatic N) is 2. The lowest BCUT2D eigenvalue weighted by atomic mass is 9.88. The summed E-state index contributed by atoms with van der Waals surface area (Å²) >= 11 is 0. The van der Waals surface area contributed by atoms with Crippen molar-refractivity contribution >= 4 is 11.0 Å². The molecule has 0 saturated heterocycles. The molecular weight excluding hydrogens is 260 g/mol. The van der Waals surface area contributed by atoms with Crippen LogP contribution in [0.15, 0.2) is 35.1 Å². The Morgan fingerprint density at radius 2 is 1.76 bits per heavy atom. The number of benzene rings is 1. The molecule has 110 valence electrons. The van der Waals surface area contributed by atoms with E-state index in [1.165, 1.54) is 22.1 Å². The van der Waals surface area contributed by atoms with Crippen LogP contribution in [0.1, 0.15) is 50.7 Å². The summed E-state index contributed by atoms with van der Waals surface area (Å²) in [6.45, 7) is 8.89. The van der Waals surface area contributed by atoms with Crippen molar-refractivity contribution < 1.29 is 4.42 Å². The van der Waals surface area contributed by atoms with Crippen molar-refractivity contribution in [2.75, 3.05) is 0 Å². The molecule has 0 unspecified atom stereocenters. The maximum Gasteiger partial charge on any atom is 0.137 e. The van der Waals surface area contributed by atoms with Crippen LogP contribution in [0.5, 0.6) is 0 Å². The maximum atomic E-state index is 5.78. The van der Waals surface area contributed by atoms with Gasteiger partial charge in [0.1, 0.15) is 5.58 Å². The Labute approximate surface area is 125 Å². The fourth-order valence-electron chi connectivity index (χ4n) is 2.91. The van der Waals surface area contributed by atoms with Crippen LogP contribution in [0.25, 0.3) is 22.2 Å². The summed E-state index contributed by atoms with van der Waals surface area (Å²) in [5.41, 5.74) is 5.83. The van der Waals surface area contributed by atoms with E-state index in [4.69, 9.17) is 4.42 Å². The molecular formula is C18H22N2O. The molecule has 2 heterocycles. The molecule has 0 aliphatic heterocycles. The second-order valence-corrected chi connectivity index (χ2v) is 6.28. The molecule has 0 fully saturated rings. The highest BCUT2D eigenvalue weighted by Gasteiger charge is 2.20. The Kier molecular flexibility index (Phi) is 3.36. The highest BCUT2D eigenvalue weighted by Crippen LogP contribution is 2.39. The summed E-state index contributed by atoms with van der Waals surface area (Å²) in [6.07, 6.45) is 3.77. The summed E-state index contributed by atoms with van der Waals surface area (Å²) in [5, 5.41) is 5.77. The van der Waals surface area contributed by atoms with E-state index in [1.807, 2.05) is 17.9 Å². The van der Waals surface area contributed by atoms with Crippen LogP contribution in [0.2, 0.25) is 0 Å². The number of hydrogen-bond acceptors (Lipinski definition) is 2. The molecule has 3 aromatic rings. The molecule has 0 atom stereocenters. The number of fused-ring (bicyclic) bond motifs is 1. The largest absolute Gasteiger partial charge is 0.464 e. The molecule has 0 N–H and O–H groups in total. The molecule has 0 amide bonds. The van der Waals surface area contributed by atoms with E-state index in [0.717, 1.165) is 11.3 Å². The Hall–Kier alpha value is -2.03. The fraction of sp³-hybridized carbons (Fsp3) is 0.389. The van der Waals surface area contributed by atoms with Crippen molar-refractivity contribution in [1.82, 2.24) is 9.78 Å². The van der Waals surface area contributed by atoms with Crippen molar-refractivity contribution in [3.05, 3.63) is 41.8 Å². The van der Waals surface area contributed by atoms with Crippen LogP contribution in [0, 0.1) is 0 Å². The molecule has 3 nitrogen and oxygen atoms in total. The van der Waals surface area contributed by atoms with Gasteiger partial charge in [0, 0.05) is 24.2 Å². The molecule has 1 aromatic carbocycles. The molecule has 21 heavy (non-hydrogen) atoms.